The molecule has 0 unspecified atom stereocenters. The molecular formula is C89H65BN2. The first kappa shape index (κ1) is 30.0. The van der Waals surface area contributed by atoms with E-state index < -0.39 is 279 Å². The summed E-state index contributed by atoms with van der Waals surface area (Å²) in [7, 11) is 0. The molecule has 2 nitrogen and oxygen atoms in total. The molecule has 434 valence electrons. The summed E-state index contributed by atoms with van der Waals surface area (Å²) in [6.45, 7) is 4.41. The van der Waals surface area contributed by atoms with E-state index in [-0.39, 0.29) is 83.6 Å². The first-order chi connectivity index (χ1) is 59.4. The zero-order valence-electron chi connectivity index (χ0n) is 83.2. The van der Waals surface area contributed by atoms with E-state index in [2.05, 4.69) is 0 Å². The number of nitrogens with zero attached hydrogens (tertiary/aromatic N) is 2. The molecule has 0 fully saturated rings. The van der Waals surface area contributed by atoms with Crippen molar-refractivity contribution in [2.45, 2.75) is 32.1 Å². The summed E-state index contributed by atoms with van der Waals surface area (Å²) in [5.41, 5.74) is -5.55. The van der Waals surface area contributed by atoms with Crippen molar-refractivity contribution in [3.05, 3.63) is 355 Å². The van der Waals surface area contributed by atoms with Crippen LogP contribution in [0.1, 0.15) is 95.5 Å². The normalized spacial score (nSPS) is 18.0. The average Bonchev–Trinajstić information content (AvgIpc) is 0.875. The number of benzene rings is 14. The number of para-hydroxylation sites is 2. The van der Waals surface area contributed by atoms with Gasteiger partial charge < -0.3 is 9.80 Å². The van der Waals surface area contributed by atoms with E-state index in [9.17, 15) is 35.6 Å². The van der Waals surface area contributed by atoms with Crippen molar-refractivity contribution in [2.75, 3.05) is 9.80 Å². The monoisotopic (exact) mass is 1210 g/mol. The second-order valence-corrected chi connectivity index (χ2v) is 23.3. The van der Waals surface area contributed by atoms with Crippen molar-refractivity contribution in [2.24, 2.45) is 0 Å². The molecule has 14 aromatic rings. The number of hydrogen-bond acceptors (Lipinski definition) is 2. The molecule has 0 spiro atoms. The maximum absolute atomic E-state index is 10.5. The highest BCUT2D eigenvalue weighted by atomic mass is 15.2. The fourth-order valence-electron chi connectivity index (χ4n) is 13.3. The summed E-state index contributed by atoms with van der Waals surface area (Å²) in [6.07, 6.45) is 0. The van der Waals surface area contributed by atoms with Crippen LogP contribution in [0.15, 0.2) is 333 Å². The molecule has 0 radical (unpaired) electrons. The summed E-state index contributed by atoms with van der Waals surface area (Å²) in [6, 6.07) is 5.75. The zero-order valence-corrected chi connectivity index (χ0v) is 49.2. The average molecular weight is 1210 g/mol. The van der Waals surface area contributed by atoms with Crippen LogP contribution in [0.4, 0.5) is 34.1 Å². The largest absolute Gasteiger partial charge is 0.310 e. The number of fused-ring (bicyclic) bond motifs is 7. The Kier molecular flexibility index (Phi) is 7.30. The Morgan fingerprint density at radius 3 is 1.21 bits per heavy atom. The van der Waals surface area contributed by atoms with E-state index in [0.717, 1.165) is 0 Å². The van der Waals surface area contributed by atoms with Gasteiger partial charge in [-0.15, -0.1) is 0 Å². The van der Waals surface area contributed by atoms with Crippen LogP contribution in [-0.4, -0.2) is 6.71 Å². The molecule has 14 aromatic carbocycles. The lowest BCUT2D eigenvalue weighted by atomic mass is 9.33. The van der Waals surface area contributed by atoms with Gasteiger partial charge >= 0.3 is 0 Å². The lowest BCUT2D eigenvalue weighted by Crippen LogP contribution is -2.61. The fourth-order valence-corrected chi connectivity index (χ4v) is 13.3. The lowest BCUT2D eigenvalue weighted by molar-refractivity contribution is 0.592. The van der Waals surface area contributed by atoms with Crippen LogP contribution >= 0.6 is 0 Å². The van der Waals surface area contributed by atoms with Crippen molar-refractivity contribution >= 4 is 57.2 Å². The van der Waals surface area contributed by atoms with Crippen LogP contribution in [0.5, 0.6) is 0 Å². The van der Waals surface area contributed by atoms with Gasteiger partial charge in [-0.2, -0.15) is 0 Å². The van der Waals surface area contributed by atoms with Crippen LogP contribution in [-0.2, 0) is 5.41 Å². The van der Waals surface area contributed by atoms with Crippen molar-refractivity contribution in [3.63, 3.8) is 0 Å². The molecule has 2 aliphatic heterocycles. The number of hydrogen-bond donors (Lipinski definition) is 0. The molecule has 17 rings (SSSR count). The van der Waals surface area contributed by atoms with Gasteiger partial charge in [0.15, 0.2) is 0 Å². The maximum Gasteiger partial charge on any atom is 0.252 e. The molecule has 92 heavy (non-hydrogen) atoms. The van der Waals surface area contributed by atoms with E-state index in [4.69, 9.17) is 11.0 Å². The van der Waals surface area contributed by atoms with Crippen LogP contribution in [0.2, 0.25) is 0 Å². The van der Waals surface area contributed by atoms with Gasteiger partial charge in [0.2, 0.25) is 0 Å². The van der Waals surface area contributed by atoms with Gasteiger partial charge in [-0.05, 0) is 135 Å². The quantitative estimate of drug-likeness (QED) is 0.126. The van der Waals surface area contributed by atoms with Crippen molar-refractivity contribution in [1.29, 1.82) is 0 Å². The highest BCUT2D eigenvalue weighted by Crippen LogP contribution is 2.55. The second kappa shape index (κ2) is 22.3. The third-order valence-corrected chi connectivity index (χ3v) is 17.2. The first-order valence-electron chi connectivity index (χ1n) is 46.5. The number of rotatable bonds is 10. The maximum atomic E-state index is 10.5. The Bertz CT molecular complexity index is 6900. The molecule has 0 amide bonds. The molecule has 0 atom stereocenters. The second-order valence-electron chi connectivity index (χ2n) is 23.3. The highest BCUT2D eigenvalue weighted by molar-refractivity contribution is 7.00. The summed E-state index contributed by atoms with van der Waals surface area (Å²) >= 11 is 0. The van der Waals surface area contributed by atoms with Gasteiger partial charge in [-0.1, -0.05) is 329 Å². The lowest BCUT2D eigenvalue weighted by Gasteiger charge is -2.46. The third kappa shape index (κ3) is 9.18. The smallest absolute Gasteiger partial charge is 0.252 e. The molecule has 0 bridgehead atoms. The fraction of sp³-hybridized carbons (Fsp3) is 0.0562. The van der Waals surface area contributed by atoms with E-state index in [1.807, 2.05) is 39.0 Å². The van der Waals surface area contributed by atoms with E-state index >= 15 is 0 Å². The van der Waals surface area contributed by atoms with Crippen molar-refractivity contribution < 1.29 is 46.6 Å². The first-order valence-corrected chi connectivity index (χ1v) is 29.5. The van der Waals surface area contributed by atoms with Crippen LogP contribution in [0, 0.1) is 0 Å². The summed E-state index contributed by atoms with van der Waals surface area (Å²) in [4.78, 5) is 2.84. The molecule has 0 N–H and O–H groups in total. The Morgan fingerprint density at radius 2 is 0.717 bits per heavy atom. The molecular weight excluding hydrogens is 1110 g/mol. The van der Waals surface area contributed by atoms with Gasteiger partial charge in [0.1, 0.15) is 0 Å². The van der Waals surface area contributed by atoms with Crippen LogP contribution in [0.25, 0.3) is 89.0 Å². The van der Waals surface area contributed by atoms with Crippen molar-refractivity contribution in [3.8, 4) is 89.0 Å². The van der Waals surface area contributed by atoms with E-state index in [0.29, 0.717) is 22.3 Å². The predicted molar refractivity (Wildman–Crippen MR) is 390 cm³/mol. The summed E-state index contributed by atoms with van der Waals surface area (Å²) in [5.74, 6) is -1.34. The van der Waals surface area contributed by atoms with Crippen molar-refractivity contribution in [1.82, 2.24) is 0 Å². The SMILES string of the molecule is [2H]c1c([2H])c([2H])c(-c2c([2H])c([2H])c([2H])c(-c3c([2H])c([2H])c([2H])c([2H])c3[2H])c2N2c3cc(-c4cccc(C5c6c([2H])c([2H])c([2H])c([2H])c6-c6c([2H])c([2H])c([2H])c([2H])c65)c4)ccc3B3c4cc(-c5ccccc5)c(C(C)(C)C)cc4N(c4c(-c5c([2H])c([2H])c([2H])c([2H])c5[2H])c([2H])c([2H])c([2H])c4-c4c([2H])c([2H])c([2H])c([2H])c4[2H])c4cc(-c5ccccc5)cc2c43)c([2H])c1[2H]. The minimum atomic E-state index is -1.34. The van der Waals surface area contributed by atoms with E-state index in [1.165, 1.54) is 9.80 Å². The molecule has 0 saturated carbocycles. The predicted octanol–water partition coefficient (Wildman–Crippen LogP) is 21.9. The highest BCUT2D eigenvalue weighted by Gasteiger charge is 2.46. The third-order valence-electron chi connectivity index (χ3n) is 17.2. The van der Waals surface area contributed by atoms with Gasteiger partial charge in [-0.3, -0.25) is 0 Å². The standard InChI is InChI=1S/C89H65BN2/c1-89(2,3)78-58-82-80(57-77(78)64-39-20-9-21-40-64)90-79-52-51-66(65-41-26-42-67(53-65)85-75-45-24-22-43-73(75)74-44-23-25-46-76(74)85)54-81(79)91(87-69(60-31-12-5-13-32-60)47-27-48-70(87)61-33-14-6-15-34-61)83-55-68(59-29-10-4-11-30-59)56-84(86(83)90)92(82)88-71(62-35-16-7-17-36-62)49-28-50-72(88)63-37-18-8-19-38-63/h4-58,85H,1-3H3/i5D,6D,7D,8D,12D,13D,14D,15D,16D,17D,18D,19D,22D,23D,24D,25D,27D,28D,31D,32D,33D,34D,35D,36D,37D,38D,43D,44D,45D,46D,47D,48D,49D,50D. The Labute approximate surface area is 588 Å². The van der Waals surface area contributed by atoms with E-state index in [1.54, 1.807) is 109 Å². The van der Waals surface area contributed by atoms with Gasteiger partial charge in [0.05, 0.1) is 58.0 Å². The molecule has 3 aliphatic rings. The molecule has 0 aromatic heterocycles. The zero-order chi connectivity index (χ0) is 91.0. The summed E-state index contributed by atoms with van der Waals surface area (Å²) in [5, 5.41) is 0. The Balaban J connectivity index is 1.13. The Hall–Kier alpha value is -11.3. The summed E-state index contributed by atoms with van der Waals surface area (Å²) < 4.78 is 325. The number of anilines is 6. The van der Waals surface area contributed by atoms with Gasteiger partial charge in [0.25, 0.3) is 6.71 Å². The minimum Gasteiger partial charge on any atom is -0.310 e. The Morgan fingerprint density at radius 1 is 0.304 bits per heavy atom. The van der Waals surface area contributed by atoms with Crippen LogP contribution in [0.3, 0.4) is 0 Å². The molecule has 2 heterocycles. The van der Waals surface area contributed by atoms with Crippen LogP contribution < -0.4 is 26.2 Å². The minimum absolute atomic E-state index is 0.0405. The topological polar surface area (TPSA) is 6.48 Å². The van der Waals surface area contributed by atoms with Gasteiger partial charge in [-0.25, -0.2) is 0 Å². The molecule has 3 heteroatoms. The van der Waals surface area contributed by atoms with Gasteiger partial charge in [0, 0.05) is 50.9 Å². The molecule has 0 saturated heterocycles. The molecule has 1 aliphatic carbocycles.